The molecule has 0 atom stereocenters. The minimum absolute atomic E-state index is 0.110. The lowest BCUT2D eigenvalue weighted by Crippen LogP contribution is -2.50. The Kier molecular flexibility index (Phi) is 5.85. The fraction of sp³-hybridized carbons (Fsp3) is 0.476. The maximum atomic E-state index is 13.1. The summed E-state index contributed by atoms with van der Waals surface area (Å²) in [6.45, 7) is 1.66. The lowest BCUT2D eigenvalue weighted by molar-refractivity contribution is -0.132. The maximum Gasteiger partial charge on any atom is 0.243 e. The Morgan fingerprint density at radius 3 is 2.46 bits per heavy atom. The Hall–Kier alpha value is -1.70. The van der Waals surface area contributed by atoms with E-state index in [0.29, 0.717) is 37.5 Å². The van der Waals surface area contributed by atoms with Gasteiger partial charge in [0, 0.05) is 37.5 Å². The number of thiophene rings is 1. The Labute approximate surface area is 171 Å². The van der Waals surface area contributed by atoms with Crippen LogP contribution in [0, 0.1) is 0 Å². The fourth-order valence-electron chi connectivity index (χ4n) is 4.04. The molecule has 1 aliphatic carbocycles. The highest BCUT2D eigenvalue weighted by Gasteiger charge is 2.30. The van der Waals surface area contributed by atoms with Crippen molar-refractivity contribution in [1.82, 2.24) is 9.21 Å². The van der Waals surface area contributed by atoms with E-state index in [1.165, 1.54) is 26.7 Å². The maximum absolute atomic E-state index is 13.1. The first-order valence-corrected chi connectivity index (χ1v) is 12.3. The molecule has 0 radical (unpaired) electrons. The van der Waals surface area contributed by atoms with Crippen molar-refractivity contribution in [2.45, 2.75) is 43.4 Å². The van der Waals surface area contributed by atoms with E-state index >= 15 is 0 Å². The van der Waals surface area contributed by atoms with Gasteiger partial charge in [0.05, 0.1) is 4.90 Å². The number of fused-ring (bicyclic) bond motifs is 1. The largest absolute Gasteiger partial charge is 0.340 e. The number of piperazine rings is 1. The second-order valence-corrected chi connectivity index (χ2v) is 10.5. The van der Waals surface area contributed by atoms with Gasteiger partial charge in [0.2, 0.25) is 15.9 Å². The van der Waals surface area contributed by atoms with Crippen LogP contribution in [0.1, 0.15) is 35.3 Å². The summed E-state index contributed by atoms with van der Waals surface area (Å²) in [6.07, 6.45) is 5.56. The molecule has 0 bridgehead atoms. The molecule has 1 aromatic heterocycles. The third-order valence-corrected chi connectivity index (χ3v) is 8.55. The molecule has 2 aromatic rings. The van der Waals surface area contributed by atoms with Gasteiger partial charge in [-0.25, -0.2) is 8.42 Å². The number of aryl methyl sites for hydroxylation is 3. The number of carbonyl (C=O) groups is 1. The van der Waals surface area contributed by atoms with Gasteiger partial charge in [-0.1, -0.05) is 12.1 Å². The minimum atomic E-state index is -3.50. The second-order valence-electron chi connectivity index (χ2n) is 7.50. The molecule has 2 heterocycles. The Bertz CT molecular complexity index is 931. The molecule has 1 fully saturated rings. The van der Waals surface area contributed by atoms with Crippen molar-refractivity contribution in [3.8, 4) is 0 Å². The molecule has 1 aliphatic heterocycles. The van der Waals surface area contributed by atoms with Crippen molar-refractivity contribution in [2.24, 2.45) is 0 Å². The predicted molar refractivity (Wildman–Crippen MR) is 111 cm³/mol. The summed E-state index contributed by atoms with van der Waals surface area (Å²) in [5.41, 5.74) is 2.46. The second kappa shape index (κ2) is 8.35. The first-order chi connectivity index (χ1) is 13.5. The molecular weight excluding hydrogens is 392 g/mol. The van der Waals surface area contributed by atoms with Gasteiger partial charge in [-0.2, -0.15) is 4.31 Å². The van der Waals surface area contributed by atoms with Crippen molar-refractivity contribution in [1.29, 1.82) is 0 Å². The highest BCUT2D eigenvalue weighted by atomic mass is 32.2. The lowest BCUT2D eigenvalue weighted by atomic mass is 9.92. The zero-order valence-corrected chi connectivity index (χ0v) is 17.6. The van der Waals surface area contributed by atoms with E-state index in [2.05, 4.69) is 0 Å². The van der Waals surface area contributed by atoms with Crippen molar-refractivity contribution < 1.29 is 13.2 Å². The van der Waals surface area contributed by atoms with Crippen LogP contribution in [0.3, 0.4) is 0 Å². The third kappa shape index (κ3) is 4.16. The monoisotopic (exact) mass is 418 g/mol. The topological polar surface area (TPSA) is 57.7 Å². The van der Waals surface area contributed by atoms with Crippen LogP contribution in [-0.4, -0.2) is 49.7 Å². The molecule has 1 amide bonds. The van der Waals surface area contributed by atoms with Crippen molar-refractivity contribution in [2.75, 3.05) is 26.2 Å². The molecule has 28 heavy (non-hydrogen) atoms. The first kappa shape index (κ1) is 19.6. The molecule has 1 aromatic carbocycles. The number of sulfonamides is 1. The average molecular weight is 419 g/mol. The van der Waals surface area contributed by atoms with E-state index in [0.717, 1.165) is 25.7 Å². The molecule has 0 saturated carbocycles. The highest BCUT2D eigenvalue weighted by molar-refractivity contribution is 7.89. The molecule has 1 saturated heterocycles. The lowest BCUT2D eigenvalue weighted by Gasteiger charge is -2.34. The smallest absolute Gasteiger partial charge is 0.243 e. The van der Waals surface area contributed by atoms with E-state index in [1.54, 1.807) is 22.3 Å². The van der Waals surface area contributed by atoms with Crippen molar-refractivity contribution in [3.05, 3.63) is 51.7 Å². The summed E-state index contributed by atoms with van der Waals surface area (Å²) in [6, 6.07) is 9.63. The van der Waals surface area contributed by atoms with Crippen LogP contribution in [0.4, 0.5) is 0 Å². The Morgan fingerprint density at radius 1 is 1.00 bits per heavy atom. The van der Waals surface area contributed by atoms with E-state index in [9.17, 15) is 13.2 Å². The summed E-state index contributed by atoms with van der Waals surface area (Å²) in [4.78, 5) is 15.8. The number of benzene rings is 1. The summed E-state index contributed by atoms with van der Waals surface area (Å²) >= 11 is 1.66. The molecule has 0 spiro atoms. The molecule has 0 unspecified atom stereocenters. The van der Waals surface area contributed by atoms with Gasteiger partial charge < -0.3 is 4.90 Å². The van der Waals surface area contributed by atoms with E-state index < -0.39 is 10.0 Å². The summed E-state index contributed by atoms with van der Waals surface area (Å²) in [7, 11) is -3.50. The summed E-state index contributed by atoms with van der Waals surface area (Å²) in [5, 5.41) is 2.02. The van der Waals surface area contributed by atoms with Crippen LogP contribution in [0.15, 0.2) is 40.6 Å². The minimum Gasteiger partial charge on any atom is -0.340 e. The number of hydrogen-bond donors (Lipinski definition) is 0. The first-order valence-electron chi connectivity index (χ1n) is 9.96. The number of nitrogens with zero attached hydrogens (tertiary/aromatic N) is 2. The molecule has 5 nitrogen and oxygen atoms in total. The van der Waals surface area contributed by atoms with Gasteiger partial charge >= 0.3 is 0 Å². The summed E-state index contributed by atoms with van der Waals surface area (Å²) in [5.74, 6) is 0.110. The number of hydrogen-bond acceptors (Lipinski definition) is 4. The SMILES string of the molecule is O=C(CCc1cccs1)N1CCN(S(=O)(=O)c2ccc3c(c2)CCCC3)CC1. The molecule has 0 N–H and O–H groups in total. The van der Waals surface area contributed by atoms with E-state index in [-0.39, 0.29) is 5.91 Å². The number of carbonyl (C=O) groups excluding carboxylic acids is 1. The van der Waals surface area contributed by atoms with Gasteiger partial charge in [0.1, 0.15) is 0 Å². The van der Waals surface area contributed by atoms with Crippen LogP contribution in [0.5, 0.6) is 0 Å². The molecule has 4 rings (SSSR count). The zero-order valence-electron chi connectivity index (χ0n) is 16.0. The van der Waals surface area contributed by atoms with Crippen LogP contribution in [0.2, 0.25) is 0 Å². The van der Waals surface area contributed by atoms with Gasteiger partial charge in [-0.05, 0) is 66.8 Å². The van der Waals surface area contributed by atoms with E-state index in [1.807, 2.05) is 29.6 Å². The van der Waals surface area contributed by atoms with Gasteiger partial charge in [-0.15, -0.1) is 11.3 Å². The fourth-order valence-corrected chi connectivity index (χ4v) is 6.22. The van der Waals surface area contributed by atoms with Gasteiger partial charge in [0.25, 0.3) is 0 Å². The highest BCUT2D eigenvalue weighted by Crippen LogP contribution is 2.26. The average Bonchev–Trinajstić information content (AvgIpc) is 3.25. The quantitative estimate of drug-likeness (QED) is 0.750. The van der Waals surface area contributed by atoms with E-state index in [4.69, 9.17) is 0 Å². The van der Waals surface area contributed by atoms with Crippen LogP contribution >= 0.6 is 11.3 Å². The molecule has 150 valence electrons. The molecule has 7 heteroatoms. The Morgan fingerprint density at radius 2 is 1.75 bits per heavy atom. The third-order valence-electron chi connectivity index (χ3n) is 5.71. The predicted octanol–water partition coefficient (Wildman–Crippen LogP) is 3.09. The van der Waals surface area contributed by atoms with Crippen LogP contribution in [-0.2, 0) is 34.1 Å². The van der Waals surface area contributed by atoms with Gasteiger partial charge in [-0.3, -0.25) is 4.79 Å². The Balaban J connectivity index is 1.36. The standard InChI is InChI=1S/C21H26N2O3S2/c24-21(10-8-19-6-3-15-27-19)22-11-13-23(14-12-22)28(25,26)20-9-7-17-4-1-2-5-18(17)16-20/h3,6-7,9,15-16H,1-2,4-5,8,10-14H2. The molecule has 2 aliphatic rings. The summed E-state index contributed by atoms with van der Waals surface area (Å²) < 4.78 is 27.6. The van der Waals surface area contributed by atoms with Crippen molar-refractivity contribution in [3.63, 3.8) is 0 Å². The molecular formula is C21H26N2O3S2. The zero-order chi connectivity index (χ0) is 19.6. The number of rotatable bonds is 5. The number of amides is 1. The normalized spacial score (nSPS) is 18.1. The van der Waals surface area contributed by atoms with Crippen LogP contribution < -0.4 is 0 Å². The van der Waals surface area contributed by atoms with Crippen LogP contribution in [0.25, 0.3) is 0 Å². The van der Waals surface area contributed by atoms with Gasteiger partial charge in [0.15, 0.2) is 0 Å². The van der Waals surface area contributed by atoms with Crippen molar-refractivity contribution >= 4 is 27.3 Å².